The van der Waals surface area contributed by atoms with Crippen LogP contribution in [0.1, 0.15) is 30.9 Å². The third kappa shape index (κ3) is 3.05. The minimum Gasteiger partial charge on any atom is -0.102 e. The van der Waals surface area contributed by atoms with Crippen molar-refractivity contribution >= 4 is 0 Å². The topological polar surface area (TPSA) is 48.8 Å². The van der Waals surface area contributed by atoms with Gasteiger partial charge in [0, 0.05) is 17.3 Å². The molecule has 2 rings (SSSR count). The summed E-state index contributed by atoms with van der Waals surface area (Å²) in [6.07, 6.45) is 3.07. The quantitative estimate of drug-likeness (QED) is 0.315. The van der Waals surface area contributed by atoms with Crippen LogP contribution in [0.25, 0.3) is 10.4 Å². The molecule has 1 aromatic carbocycles. The third-order valence-corrected chi connectivity index (χ3v) is 2.55. The van der Waals surface area contributed by atoms with E-state index < -0.39 is 0 Å². The number of rotatable bonds is 3. The van der Waals surface area contributed by atoms with Crippen LogP contribution in [-0.4, -0.2) is 0 Å². The lowest BCUT2D eigenvalue weighted by Crippen LogP contribution is -1.92. The summed E-state index contributed by atoms with van der Waals surface area (Å²) in [4.78, 5) is 2.88. The standard InChI is InChI=1S/C13H13N3/c14-16-15-13(8-4-5-11-9-10-11)12-6-2-1-3-7-12/h1-3,6-7,11,13H,8-10H2. The van der Waals surface area contributed by atoms with Crippen molar-refractivity contribution in [2.45, 2.75) is 25.3 Å². The van der Waals surface area contributed by atoms with Gasteiger partial charge >= 0.3 is 0 Å². The second kappa shape index (κ2) is 5.25. The number of azide groups is 1. The number of benzene rings is 1. The van der Waals surface area contributed by atoms with E-state index in [0.29, 0.717) is 12.3 Å². The third-order valence-electron chi connectivity index (χ3n) is 2.55. The van der Waals surface area contributed by atoms with Gasteiger partial charge in [0.15, 0.2) is 0 Å². The van der Waals surface area contributed by atoms with Crippen LogP contribution in [0.3, 0.4) is 0 Å². The Morgan fingerprint density at radius 2 is 2.12 bits per heavy atom. The van der Waals surface area contributed by atoms with Gasteiger partial charge in [-0.25, -0.2) is 0 Å². The van der Waals surface area contributed by atoms with Gasteiger partial charge in [-0.2, -0.15) is 0 Å². The van der Waals surface area contributed by atoms with Gasteiger partial charge in [-0.1, -0.05) is 41.4 Å². The van der Waals surface area contributed by atoms with Gasteiger partial charge in [0.2, 0.25) is 0 Å². The summed E-state index contributed by atoms with van der Waals surface area (Å²) < 4.78 is 0. The fourth-order valence-electron chi connectivity index (χ4n) is 1.49. The normalized spacial score (nSPS) is 15.5. The molecule has 1 unspecified atom stereocenters. The summed E-state index contributed by atoms with van der Waals surface area (Å²) in [6.45, 7) is 0. The van der Waals surface area contributed by atoms with E-state index in [-0.39, 0.29) is 6.04 Å². The van der Waals surface area contributed by atoms with Gasteiger partial charge in [0.25, 0.3) is 0 Å². The summed E-state index contributed by atoms with van der Waals surface area (Å²) in [5, 5.41) is 3.79. The Bertz CT molecular complexity index is 445. The van der Waals surface area contributed by atoms with Crippen LogP contribution in [0, 0.1) is 17.8 Å². The van der Waals surface area contributed by atoms with Crippen LogP contribution < -0.4 is 0 Å². The largest absolute Gasteiger partial charge is 0.102 e. The highest BCUT2D eigenvalue weighted by Gasteiger charge is 2.17. The predicted molar refractivity (Wildman–Crippen MR) is 63.4 cm³/mol. The average Bonchev–Trinajstić information content (AvgIpc) is 3.13. The molecule has 16 heavy (non-hydrogen) atoms. The van der Waals surface area contributed by atoms with E-state index in [4.69, 9.17) is 5.53 Å². The summed E-state index contributed by atoms with van der Waals surface area (Å²) in [7, 11) is 0. The molecular formula is C13H13N3. The molecular weight excluding hydrogens is 198 g/mol. The zero-order valence-corrected chi connectivity index (χ0v) is 9.00. The molecule has 3 heteroatoms. The molecule has 1 saturated carbocycles. The summed E-state index contributed by atoms with van der Waals surface area (Å²) in [5.41, 5.74) is 9.56. The van der Waals surface area contributed by atoms with Crippen molar-refractivity contribution < 1.29 is 0 Å². The molecule has 80 valence electrons. The summed E-state index contributed by atoms with van der Waals surface area (Å²) in [6, 6.07) is 9.63. The molecule has 3 nitrogen and oxygen atoms in total. The molecule has 0 N–H and O–H groups in total. The Balaban J connectivity index is 2.05. The molecule has 1 atom stereocenters. The molecule has 0 amide bonds. The van der Waals surface area contributed by atoms with Gasteiger partial charge in [0.1, 0.15) is 0 Å². The smallest absolute Gasteiger partial charge is 0.0734 e. The van der Waals surface area contributed by atoms with E-state index in [1.165, 1.54) is 12.8 Å². The van der Waals surface area contributed by atoms with E-state index in [2.05, 4.69) is 21.9 Å². The highest BCUT2D eigenvalue weighted by atomic mass is 15.1. The zero-order valence-electron chi connectivity index (χ0n) is 9.00. The van der Waals surface area contributed by atoms with Crippen molar-refractivity contribution in [3.05, 3.63) is 46.3 Å². The van der Waals surface area contributed by atoms with Gasteiger partial charge < -0.3 is 0 Å². The lowest BCUT2D eigenvalue weighted by atomic mass is 10.1. The highest BCUT2D eigenvalue weighted by Crippen LogP contribution is 2.28. The van der Waals surface area contributed by atoms with E-state index in [9.17, 15) is 0 Å². The highest BCUT2D eigenvalue weighted by molar-refractivity contribution is 5.21. The maximum absolute atomic E-state index is 8.53. The lowest BCUT2D eigenvalue weighted by molar-refractivity contribution is 0.745. The lowest BCUT2D eigenvalue weighted by Gasteiger charge is -2.06. The number of nitrogens with zero attached hydrogens (tertiary/aromatic N) is 3. The van der Waals surface area contributed by atoms with Crippen LogP contribution >= 0.6 is 0 Å². The van der Waals surface area contributed by atoms with Gasteiger partial charge in [-0.05, 0) is 23.9 Å². The number of hydrogen-bond donors (Lipinski definition) is 0. The predicted octanol–water partition coefficient (Wildman–Crippen LogP) is 3.84. The second-order valence-corrected chi connectivity index (χ2v) is 3.93. The summed E-state index contributed by atoms with van der Waals surface area (Å²) in [5.74, 6) is 6.90. The van der Waals surface area contributed by atoms with Crippen molar-refractivity contribution in [3.63, 3.8) is 0 Å². The zero-order chi connectivity index (χ0) is 11.2. The van der Waals surface area contributed by atoms with Crippen LogP contribution in [0.4, 0.5) is 0 Å². The van der Waals surface area contributed by atoms with E-state index in [1.54, 1.807) is 0 Å². The first kappa shape index (κ1) is 10.6. The Labute approximate surface area is 95.1 Å². The van der Waals surface area contributed by atoms with Crippen LogP contribution in [-0.2, 0) is 0 Å². The molecule has 0 aromatic heterocycles. The molecule has 0 saturated heterocycles. The molecule has 0 heterocycles. The molecule has 0 radical (unpaired) electrons. The first-order chi connectivity index (χ1) is 7.90. The maximum Gasteiger partial charge on any atom is 0.0734 e. The number of hydrogen-bond acceptors (Lipinski definition) is 1. The Morgan fingerprint density at radius 1 is 1.38 bits per heavy atom. The monoisotopic (exact) mass is 211 g/mol. The average molecular weight is 211 g/mol. The molecule has 1 aliphatic rings. The Kier molecular flexibility index (Phi) is 3.48. The Hall–Kier alpha value is -1.91. The van der Waals surface area contributed by atoms with Crippen LogP contribution in [0.15, 0.2) is 35.4 Å². The fourth-order valence-corrected chi connectivity index (χ4v) is 1.49. The van der Waals surface area contributed by atoms with Crippen LogP contribution in [0.2, 0.25) is 0 Å². The molecule has 0 spiro atoms. The van der Waals surface area contributed by atoms with Gasteiger partial charge in [-0.15, -0.1) is 5.92 Å². The summed E-state index contributed by atoms with van der Waals surface area (Å²) >= 11 is 0. The SMILES string of the molecule is [N-]=[N+]=NC(CC#CC1CC1)c1ccccc1. The molecule has 0 aliphatic heterocycles. The molecule has 1 fully saturated rings. The van der Waals surface area contributed by atoms with Gasteiger partial charge in [0.05, 0.1) is 6.04 Å². The molecule has 1 aliphatic carbocycles. The second-order valence-electron chi connectivity index (χ2n) is 3.93. The minimum atomic E-state index is -0.155. The van der Waals surface area contributed by atoms with Crippen molar-refractivity contribution in [2.75, 3.05) is 0 Å². The van der Waals surface area contributed by atoms with Crippen molar-refractivity contribution in [1.82, 2.24) is 0 Å². The molecule has 1 aromatic rings. The Morgan fingerprint density at radius 3 is 2.75 bits per heavy atom. The van der Waals surface area contributed by atoms with Gasteiger partial charge in [-0.3, -0.25) is 0 Å². The van der Waals surface area contributed by atoms with E-state index in [0.717, 1.165) is 5.56 Å². The molecule has 0 bridgehead atoms. The van der Waals surface area contributed by atoms with E-state index in [1.807, 2.05) is 30.3 Å². The first-order valence-electron chi connectivity index (χ1n) is 5.47. The maximum atomic E-state index is 8.53. The van der Waals surface area contributed by atoms with Crippen molar-refractivity contribution in [3.8, 4) is 11.8 Å². The van der Waals surface area contributed by atoms with Crippen molar-refractivity contribution in [1.29, 1.82) is 0 Å². The minimum absolute atomic E-state index is 0.155. The van der Waals surface area contributed by atoms with Crippen LogP contribution in [0.5, 0.6) is 0 Å². The van der Waals surface area contributed by atoms with E-state index >= 15 is 0 Å². The first-order valence-corrected chi connectivity index (χ1v) is 5.47. The van der Waals surface area contributed by atoms with Crippen molar-refractivity contribution in [2.24, 2.45) is 11.0 Å². The fraction of sp³-hybridized carbons (Fsp3) is 0.385.